The highest BCUT2D eigenvalue weighted by Crippen LogP contribution is 2.22. The molecule has 0 atom stereocenters. The average molecular weight is 411 g/mol. The van der Waals surface area contributed by atoms with Crippen molar-refractivity contribution in [2.75, 3.05) is 6.54 Å². The molecular formula is C27H26N2O2. The van der Waals surface area contributed by atoms with E-state index in [4.69, 9.17) is 0 Å². The number of carbonyl (C=O) groups excluding carboxylic acids is 1. The van der Waals surface area contributed by atoms with Crippen LogP contribution in [-0.4, -0.2) is 22.1 Å². The lowest BCUT2D eigenvalue weighted by molar-refractivity contribution is -0.116. The molecule has 0 saturated heterocycles. The van der Waals surface area contributed by atoms with Crippen LogP contribution in [0.5, 0.6) is 5.75 Å². The smallest absolute Gasteiger partial charge is 0.244 e. The summed E-state index contributed by atoms with van der Waals surface area (Å²) in [7, 11) is 0. The van der Waals surface area contributed by atoms with Crippen molar-refractivity contribution < 1.29 is 9.90 Å². The highest BCUT2D eigenvalue weighted by atomic mass is 16.3. The van der Waals surface area contributed by atoms with Crippen LogP contribution in [-0.2, 0) is 24.2 Å². The van der Waals surface area contributed by atoms with E-state index in [9.17, 15) is 9.90 Å². The summed E-state index contributed by atoms with van der Waals surface area (Å²) in [4.78, 5) is 12.1. The molecule has 1 heterocycles. The summed E-state index contributed by atoms with van der Waals surface area (Å²) < 4.78 is 2.31. The molecule has 4 rings (SSSR count). The minimum atomic E-state index is -0.124. The van der Waals surface area contributed by atoms with E-state index in [0.29, 0.717) is 6.54 Å². The largest absolute Gasteiger partial charge is 0.508 e. The first-order valence-electron chi connectivity index (χ1n) is 10.5. The SMILES string of the molecule is O=C(/C=C/c1ccc(O)cc1)NCCc1cn(CCc2ccccc2)c2ccccc12. The van der Waals surface area contributed by atoms with E-state index in [0.717, 1.165) is 24.9 Å². The molecule has 4 nitrogen and oxygen atoms in total. The van der Waals surface area contributed by atoms with E-state index >= 15 is 0 Å². The van der Waals surface area contributed by atoms with Crippen molar-refractivity contribution in [1.29, 1.82) is 0 Å². The van der Waals surface area contributed by atoms with Gasteiger partial charge in [0.2, 0.25) is 5.91 Å². The molecule has 1 amide bonds. The summed E-state index contributed by atoms with van der Waals surface area (Å²) >= 11 is 0. The van der Waals surface area contributed by atoms with Crippen LogP contribution in [0.2, 0.25) is 0 Å². The van der Waals surface area contributed by atoms with Crippen molar-refractivity contribution in [3.05, 3.63) is 108 Å². The maximum absolute atomic E-state index is 12.1. The van der Waals surface area contributed by atoms with E-state index in [1.807, 2.05) is 6.07 Å². The second-order valence-electron chi connectivity index (χ2n) is 7.57. The van der Waals surface area contributed by atoms with Gasteiger partial charge >= 0.3 is 0 Å². The van der Waals surface area contributed by atoms with Crippen LogP contribution >= 0.6 is 0 Å². The molecule has 3 aromatic carbocycles. The molecule has 0 fully saturated rings. The molecule has 0 unspecified atom stereocenters. The molecule has 0 aliphatic rings. The van der Waals surface area contributed by atoms with Crippen molar-refractivity contribution in [3.8, 4) is 5.75 Å². The molecule has 4 aromatic rings. The zero-order valence-electron chi connectivity index (χ0n) is 17.4. The molecule has 156 valence electrons. The monoisotopic (exact) mass is 410 g/mol. The molecule has 0 radical (unpaired) electrons. The fourth-order valence-corrected chi connectivity index (χ4v) is 3.74. The normalized spacial score (nSPS) is 11.2. The number of benzene rings is 3. The van der Waals surface area contributed by atoms with Crippen LogP contribution < -0.4 is 5.32 Å². The van der Waals surface area contributed by atoms with Gasteiger partial charge < -0.3 is 15.0 Å². The Kier molecular flexibility index (Phi) is 6.48. The first-order chi connectivity index (χ1) is 15.2. The summed E-state index contributed by atoms with van der Waals surface area (Å²) in [5.41, 5.74) is 4.67. The number of hydrogen-bond acceptors (Lipinski definition) is 2. The van der Waals surface area contributed by atoms with Gasteiger partial charge in [0.15, 0.2) is 0 Å². The number of phenolic OH excluding ortho intramolecular Hbond substituents is 1. The van der Waals surface area contributed by atoms with Gasteiger partial charge in [-0.05, 0) is 53.8 Å². The van der Waals surface area contributed by atoms with Gasteiger partial charge in [-0.3, -0.25) is 4.79 Å². The Morgan fingerprint density at radius 3 is 2.45 bits per heavy atom. The second kappa shape index (κ2) is 9.81. The van der Waals surface area contributed by atoms with Gasteiger partial charge in [-0.1, -0.05) is 60.7 Å². The van der Waals surface area contributed by atoms with Crippen LogP contribution in [0.3, 0.4) is 0 Å². The van der Waals surface area contributed by atoms with E-state index < -0.39 is 0 Å². The fourth-order valence-electron chi connectivity index (χ4n) is 3.74. The van der Waals surface area contributed by atoms with Crippen LogP contribution in [0.15, 0.2) is 91.1 Å². The molecule has 31 heavy (non-hydrogen) atoms. The maximum atomic E-state index is 12.1. The average Bonchev–Trinajstić information content (AvgIpc) is 3.16. The number of phenols is 1. The van der Waals surface area contributed by atoms with Crippen LogP contribution in [0.25, 0.3) is 17.0 Å². The minimum absolute atomic E-state index is 0.124. The number of carbonyl (C=O) groups is 1. The van der Waals surface area contributed by atoms with Crippen molar-refractivity contribution in [2.24, 2.45) is 0 Å². The third-order valence-electron chi connectivity index (χ3n) is 5.37. The molecule has 0 aliphatic carbocycles. The third-order valence-corrected chi connectivity index (χ3v) is 5.37. The number of nitrogens with one attached hydrogen (secondary N) is 1. The van der Waals surface area contributed by atoms with Crippen LogP contribution in [0, 0.1) is 0 Å². The first-order valence-corrected chi connectivity index (χ1v) is 10.5. The Bertz CT molecular complexity index is 1180. The predicted molar refractivity (Wildman–Crippen MR) is 126 cm³/mol. The number of nitrogens with zero attached hydrogens (tertiary/aromatic N) is 1. The number of aryl methyl sites for hydroxylation is 2. The van der Waals surface area contributed by atoms with Gasteiger partial charge in [-0.25, -0.2) is 0 Å². The number of para-hydroxylation sites is 1. The minimum Gasteiger partial charge on any atom is -0.508 e. The lowest BCUT2D eigenvalue weighted by Gasteiger charge is -2.05. The van der Waals surface area contributed by atoms with Crippen LogP contribution in [0.1, 0.15) is 16.7 Å². The molecule has 4 heteroatoms. The van der Waals surface area contributed by atoms with Gasteiger partial charge in [-0.2, -0.15) is 0 Å². The summed E-state index contributed by atoms with van der Waals surface area (Å²) in [6, 6.07) is 25.7. The number of rotatable bonds is 8. The lowest BCUT2D eigenvalue weighted by Crippen LogP contribution is -2.23. The quantitative estimate of drug-likeness (QED) is 0.403. The van der Waals surface area contributed by atoms with Gasteiger partial charge in [-0.15, -0.1) is 0 Å². The standard InChI is InChI=1S/C27H26N2O2/c30-24-13-10-22(11-14-24)12-15-27(31)28-18-16-23-20-29(26-9-5-4-8-25(23)26)19-17-21-6-2-1-3-7-21/h1-15,20,30H,16-19H2,(H,28,31)/b15-12+. The molecule has 0 bridgehead atoms. The summed E-state index contributed by atoms with van der Waals surface area (Å²) in [6.07, 6.45) is 7.24. The van der Waals surface area contributed by atoms with Crippen molar-refractivity contribution in [1.82, 2.24) is 9.88 Å². The number of fused-ring (bicyclic) bond motifs is 1. The number of aromatic nitrogens is 1. The molecule has 0 saturated carbocycles. The van der Waals surface area contributed by atoms with Crippen molar-refractivity contribution >= 4 is 22.9 Å². The zero-order chi connectivity index (χ0) is 21.5. The summed E-state index contributed by atoms with van der Waals surface area (Å²) in [5, 5.41) is 13.5. The van der Waals surface area contributed by atoms with E-state index in [2.05, 4.69) is 64.6 Å². The highest BCUT2D eigenvalue weighted by molar-refractivity contribution is 5.91. The number of hydrogen-bond donors (Lipinski definition) is 2. The first kappa shape index (κ1) is 20.5. The second-order valence-corrected chi connectivity index (χ2v) is 7.57. The van der Waals surface area contributed by atoms with E-state index in [1.54, 1.807) is 30.3 Å². The van der Waals surface area contributed by atoms with Gasteiger partial charge in [0.25, 0.3) is 0 Å². The zero-order valence-corrected chi connectivity index (χ0v) is 17.4. The topological polar surface area (TPSA) is 54.3 Å². The Hall–Kier alpha value is -3.79. The van der Waals surface area contributed by atoms with Gasteiger partial charge in [0.1, 0.15) is 5.75 Å². The van der Waals surface area contributed by atoms with Crippen molar-refractivity contribution in [2.45, 2.75) is 19.4 Å². The van der Waals surface area contributed by atoms with E-state index in [-0.39, 0.29) is 11.7 Å². The fraction of sp³-hybridized carbons (Fsp3) is 0.148. The predicted octanol–water partition coefficient (Wildman–Crippen LogP) is 4.96. The number of amides is 1. The molecule has 1 aromatic heterocycles. The van der Waals surface area contributed by atoms with Crippen LogP contribution in [0.4, 0.5) is 0 Å². The van der Waals surface area contributed by atoms with Crippen molar-refractivity contribution in [3.63, 3.8) is 0 Å². The van der Waals surface area contributed by atoms with E-state index in [1.165, 1.54) is 28.1 Å². The Morgan fingerprint density at radius 1 is 0.903 bits per heavy atom. The third kappa shape index (κ3) is 5.43. The van der Waals surface area contributed by atoms with Gasteiger partial charge in [0, 0.05) is 36.3 Å². The summed E-state index contributed by atoms with van der Waals surface area (Å²) in [6.45, 7) is 1.50. The molecule has 0 aliphatic heterocycles. The number of aromatic hydroxyl groups is 1. The Labute approximate surface area is 182 Å². The maximum Gasteiger partial charge on any atom is 0.244 e. The lowest BCUT2D eigenvalue weighted by atomic mass is 10.1. The molecule has 0 spiro atoms. The molecule has 2 N–H and O–H groups in total. The molecular weight excluding hydrogens is 384 g/mol. The van der Waals surface area contributed by atoms with Gasteiger partial charge in [0.05, 0.1) is 0 Å². The Balaban J connectivity index is 1.37. The highest BCUT2D eigenvalue weighted by Gasteiger charge is 2.08. The Morgan fingerprint density at radius 2 is 1.65 bits per heavy atom. The summed E-state index contributed by atoms with van der Waals surface area (Å²) in [5.74, 6) is 0.0884.